The molecule has 5 nitrogen and oxygen atoms in total. The number of hydrogen-bond acceptors (Lipinski definition) is 3. The Kier molecular flexibility index (Phi) is 5.63. The minimum atomic E-state index is -0.262. The normalized spacial score (nSPS) is 13.3. The molecular formula is C24H20ClN3O2. The van der Waals surface area contributed by atoms with Crippen molar-refractivity contribution in [2.75, 3.05) is 16.8 Å². The van der Waals surface area contributed by atoms with E-state index in [9.17, 15) is 9.59 Å². The Bertz CT molecular complexity index is 1140. The van der Waals surface area contributed by atoms with E-state index >= 15 is 0 Å². The predicted molar refractivity (Wildman–Crippen MR) is 121 cm³/mol. The first kappa shape index (κ1) is 19.9. The van der Waals surface area contributed by atoms with Gasteiger partial charge in [0.05, 0.1) is 23.5 Å². The summed E-state index contributed by atoms with van der Waals surface area (Å²) >= 11 is 5.99. The van der Waals surface area contributed by atoms with Crippen LogP contribution in [-0.4, -0.2) is 24.1 Å². The molecule has 6 heteroatoms. The highest BCUT2D eigenvalue weighted by molar-refractivity contribution is 6.30. The van der Waals surface area contributed by atoms with Crippen molar-refractivity contribution in [3.8, 4) is 0 Å². The number of hydrogen-bond donors (Lipinski definition) is 1. The first-order valence-electron chi connectivity index (χ1n) is 9.59. The third-order valence-electron chi connectivity index (χ3n) is 4.95. The Hall–Kier alpha value is -3.44. The van der Waals surface area contributed by atoms with Gasteiger partial charge in [-0.1, -0.05) is 54.1 Å². The Morgan fingerprint density at radius 2 is 1.73 bits per heavy atom. The molecule has 2 amide bonds. The van der Waals surface area contributed by atoms with Gasteiger partial charge in [0.1, 0.15) is 6.54 Å². The molecule has 0 bridgehead atoms. The highest BCUT2D eigenvalue weighted by Crippen LogP contribution is 2.33. The van der Waals surface area contributed by atoms with Gasteiger partial charge in [-0.2, -0.15) is 0 Å². The molecule has 0 saturated heterocycles. The van der Waals surface area contributed by atoms with Crippen LogP contribution in [0.1, 0.15) is 17.5 Å². The van der Waals surface area contributed by atoms with Crippen LogP contribution in [0.5, 0.6) is 0 Å². The summed E-state index contributed by atoms with van der Waals surface area (Å²) < 4.78 is 0. The molecule has 1 N–H and O–H groups in total. The second kappa shape index (κ2) is 8.51. The van der Waals surface area contributed by atoms with Crippen molar-refractivity contribution in [2.24, 2.45) is 4.99 Å². The number of rotatable bonds is 4. The van der Waals surface area contributed by atoms with Crippen LogP contribution in [-0.2, 0) is 9.59 Å². The monoisotopic (exact) mass is 417 g/mol. The molecule has 3 aromatic rings. The maximum Gasteiger partial charge on any atom is 0.244 e. The van der Waals surface area contributed by atoms with Crippen molar-refractivity contribution in [3.63, 3.8) is 0 Å². The highest BCUT2D eigenvalue weighted by Gasteiger charge is 2.26. The van der Waals surface area contributed by atoms with Gasteiger partial charge in [0.15, 0.2) is 0 Å². The van der Waals surface area contributed by atoms with Gasteiger partial charge in [-0.25, -0.2) is 0 Å². The zero-order valence-corrected chi connectivity index (χ0v) is 17.2. The molecule has 0 fully saturated rings. The second-order valence-electron chi connectivity index (χ2n) is 7.07. The molecule has 4 rings (SSSR count). The molecule has 150 valence electrons. The number of benzene rings is 3. The smallest absolute Gasteiger partial charge is 0.244 e. The molecule has 0 spiro atoms. The minimum Gasteiger partial charge on any atom is -0.324 e. The molecule has 3 aromatic carbocycles. The van der Waals surface area contributed by atoms with Crippen molar-refractivity contribution in [3.05, 3.63) is 88.9 Å². The number of fused-ring (bicyclic) bond motifs is 1. The largest absolute Gasteiger partial charge is 0.324 e. The average Bonchev–Trinajstić information content (AvgIpc) is 2.87. The fourth-order valence-corrected chi connectivity index (χ4v) is 3.50. The van der Waals surface area contributed by atoms with E-state index in [1.54, 1.807) is 12.1 Å². The lowest BCUT2D eigenvalue weighted by atomic mass is 10.1. The number of nitrogens with zero attached hydrogens (tertiary/aromatic N) is 2. The van der Waals surface area contributed by atoms with Gasteiger partial charge in [0.25, 0.3) is 0 Å². The summed E-state index contributed by atoms with van der Waals surface area (Å²) in [5.74, 6) is -0.448. The molecule has 1 aliphatic rings. The number of aryl methyl sites for hydroxylation is 1. The van der Waals surface area contributed by atoms with E-state index < -0.39 is 0 Å². The number of aliphatic imine (C=N–C) groups is 1. The van der Waals surface area contributed by atoms with Crippen LogP contribution in [0.4, 0.5) is 17.1 Å². The number of para-hydroxylation sites is 3. The van der Waals surface area contributed by atoms with E-state index in [-0.39, 0.29) is 24.8 Å². The van der Waals surface area contributed by atoms with Crippen LogP contribution in [0, 0.1) is 6.92 Å². The maximum absolute atomic E-state index is 13.1. The summed E-state index contributed by atoms with van der Waals surface area (Å²) in [6.45, 7) is 1.84. The Morgan fingerprint density at radius 1 is 1.03 bits per heavy atom. The van der Waals surface area contributed by atoms with Crippen LogP contribution in [0.3, 0.4) is 0 Å². The molecule has 0 saturated carbocycles. The Labute approximate surface area is 180 Å². The molecule has 1 heterocycles. The van der Waals surface area contributed by atoms with Crippen LogP contribution < -0.4 is 10.2 Å². The lowest BCUT2D eigenvalue weighted by molar-refractivity contribution is -0.120. The van der Waals surface area contributed by atoms with E-state index in [1.807, 2.05) is 67.6 Å². The van der Waals surface area contributed by atoms with E-state index in [2.05, 4.69) is 5.32 Å². The highest BCUT2D eigenvalue weighted by atomic mass is 35.5. The third kappa shape index (κ3) is 4.26. The van der Waals surface area contributed by atoms with Crippen molar-refractivity contribution < 1.29 is 9.59 Å². The molecule has 0 aliphatic carbocycles. The topological polar surface area (TPSA) is 61.8 Å². The van der Waals surface area contributed by atoms with Gasteiger partial charge in [-0.3, -0.25) is 14.6 Å². The maximum atomic E-state index is 13.1. The Morgan fingerprint density at radius 3 is 2.50 bits per heavy atom. The lowest BCUT2D eigenvalue weighted by Gasteiger charge is -2.22. The predicted octanol–water partition coefficient (Wildman–Crippen LogP) is 5.14. The number of anilines is 2. The summed E-state index contributed by atoms with van der Waals surface area (Å²) in [5, 5.41) is 3.51. The van der Waals surface area contributed by atoms with Gasteiger partial charge in [-0.05, 0) is 48.4 Å². The summed E-state index contributed by atoms with van der Waals surface area (Å²) in [6, 6.07) is 22.1. The second-order valence-corrected chi connectivity index (χ2v) is 7.51. The number of nitrogens with one attached hydrogen (secondary N) is 1. The van der Waals surface area contributed by atoms with Crippen molar-refractivity contribution in [2.45, 2.75) is 13.3 Å². The van der Waals surface area contributed by atoms with Crippen LogP contribution >= 0.6 is 11.6 Å². The number of amides is 2. The third-order valence-corrected chi connectivity index (χ3v) is 5.20. The quantitative estimate of drug-likeness (QED) is 0.638. The van der Waals surface area contributed by atoms with Crippen LogP contribution in [0.2, 0.25) is 5.02 Å². The molecule has 1 aliphatic heterocycles. The summed E-state index contributed by atoms with van der Waals surface area (Å²) in [4.78, 5) is 32.1. The van der Waals surface area contributed by atoms with E-state index in [1.165, 1.54) is 4.90 Å². The zero-order chi connectivity index (χ0) is 21.1. The van der Waals surface area contributed by atoms with Crippen molar-refractivity contribution >= 4 is 46.2 Å². The SMILES string of the molecule is Cc1ccccc1NC(=O)CN1C(=O)CC(c2ccc(Cl)cc2)=Nc2ccccc21. The summed E-state index contributed by atoms with van der Waals surface area (Å²) in [7, 11) is 0. The van der Waals surface area contributed by atoms with Gasteiger partial charge < -0.3 is 10.2 Å². The Balaban J connectivity index is 1.62. The molecule has 30 heavy (non-hydrogen) atoms. The van der Waals surface area contributed by atoms with Gasteiger partial charge >= 0.3 is 0 Å². The first-order chi connectivity index (χ1) is 14.5. The standard InChI is InChI=1S/C24H20ClN3O2/c1-16-6-2-3-7-19(16)27-23(29)15-28-22-9-5-4-8-20(22)26-21(14-24(28)30)17-10-12-18(25)13-11-17/h2-13H,14-15H2,1H3,(H,27,29). The van der Waals surface area contributed by atoms with E-state index in [0.29, 0.717) is 22.1 Å². The molecular weight excluding hydrogens is 398 g/mol. The fraction of sp³-hybridized carbons (Fsp3) is 0.125. The van der Waals surface area contributed by atoms with E-state index in [0.717, 1.165) is 16.8 Å². The minimum absolute atomic E-state index is 0.0897. The molecule has 0 aromatic heterocycles. The number of carbonyl (C=O) groups excluding carboxylic acids is 2. The van der Waals surface area contributed by atoms with Crippen molar-refractivity contribution in [1.82, 2.24) is 0 Å². The summed E-state index contributed by atoms with van der Waals surface area (Å²) in [6.07, 6.45) is 0.0912. The lowest BCUT2D eigenvalue weighted by Crippen LogP contribution is -2.38. The molecule has 0 atom stereocenters. The van der Waals surface area contributed by atoms with Gasteiger partial charge in [0.2, 0.25) is 11.8 Å². The molecule has 0 radical (unpaired) electrons. The van der Waals surface area contributed by atoms with E-state index in [4.69, 9.17) is 16.6 Å². The number of carbonyl (C=O) groups is 2. The zero-order valence-electron chi connectivity index (χ0n) is 16.4. The summed E-state index contributed by atoms with van der Waals surface area (Å²) in [5.41, 5.74) is 4.43. The van der Waals surface area contributed by atoms with Gasteiger partial charge in [-0.15, -0.1) is 0 Å². The first-order valence-corrected chi connectivity index (χ1v) is 9.97. The van der Waals surface area contributed by atoms with Crippen LogP contribution in [0.25, 0.3) is 0 Å². The van der Waals surface area contributed by atoms with Crippen LogP contribution in [0.15, 0.2) is 77.8 Å². The number of halogens is 1. The fourth-order valence-electron chi connectivity index (χ4n) is 3.37. The average molecular weight is 418 g/mol. The van der Waals surface area contributed by atoms with Gasteiger partial charge in [0, 0.05) is 10.7 Å². The molecule has 0 unspecified atom stereocenters. The van der Waals surface area contributed by atoms with Crippen molar-refractivity contribution in [1.29, 1.82) is 0 Å².